The standard InChI is InChI=1S/C15H23N3O2/c1-18(2)15(20)17-9-8-16-14-5-3-4-11-10-12(19)6-7-13(11)14/h6-7,10,14,16,19H,3-5,8-9H2,1-2H3,(H,17,20). The van der Waals surface area contributed by atoms with Gasteiger partial charge in [-0.25, -0.2) is 4.79 Å². The van der Waals surface area contributed by atoms with Gasteiger partial charge in [0.05, 0.1) is 0 Å². The lowest BCUT2D eigenvalue weighted by Crippen LogP contribution is -2.39. The second-order valence-electron chi connectivity index (χ2n) is 5.41. The van der Waals surface area contributed by atoms with Crippen molar-refractivity contribution in [2.75, 3.05) is 27.2 Å². The lowest BCUT2D eigenvalue weighted by molar-refractivity contribution is 0.217. The molecule has 1 aromatic carbocycles. The van der Waals surface area contributed by atoms with Gasteiger partial charge in [0.25, 0.3) is 0 Å². The highest BCUT2D eigenvalue weighted by Crippen LogP contribution is 2.31. The van der Waals surface area contributed by atoms with Crippen LogP contribution in [0.5, 0.6) is 5.75 Å². The molecule has 20 heavy (non-hydrogen) atoms. The van der Waals surface area contributed by atoms with Gasteiger partial charge in [0.1, 0.15) is 5.75 Å². The quantitative estimate of drug-likeness (QED) is 0.733. The van der Waals surface area contributed by atoms with Gasteiger partial charge in [-0.1, -0.05) is 6.07 Å². The normalized spacial score (nSPS) is 17.4. The predicted molar refractivity (Wildman–Crippen MR) is 78.9 cm³/mol. The molecule has 0 aliphatic heterocycles. The van der Waals surface area contributed by atoms with E-state index < -0.39 is 0 Å². The first kappa shape index (κ1) is 14.7. The number of benzene rings is 1. The summed E-state index contributed by atoms with van der Waals surface area (Å²) in [6.07, 6.45) is 3.25. The summed E-state index contributed by atoms with van der Waals surface area (Å²) in [5, 5.41) is 15.8. The highest BCUT2D eigenvalue weighted by Gasteiger charge is 2.19. The van der Waals surface area contributed by atoms with Gasteiger partial charge >= 0.3 is 6.03 Å². The molecule has 3 N–H and O–H groups in total. The number of amides is 2. The predicted octanol–water partition coefficient (Wildman–Crippen LogP) is 1.63. The first-order valence-corrected chi connectivity index (χ1v) is 7.08. The maximum Gasteiger partial charge on any atom is 0.316 e. The minimum atomic E-state index is -0.0687. The molecule has 1 aliphatic carbocycles. The fraction of sp³-hybridized carbons (Fsp3) is 0.533. The van der Waals surface area contributed by atoms with Gasteiger partial charge in [0, 0.05) is 33.2 Å². The van der Waals surface area contributed by atoms with Crippen molar-refractivity contribution < 1.29 is 9.90 Å². The molecule has 0 saturated carbocycles. The first-order chi connectivity index (χ1) is 9.58. The van der Waals surface area contributed by atoms with E-state index in [4.69, 9.17) is 0 Å². The number of fused-ring (bicyclic) bond motifs is 1. The number of hydrogen-bond donors (Lipinski definition) is 3. The number of carbonyl (C=O) groups excluding carboxylic acids is 1. The summed E-state index contributed by atoms with van der Waals surface area (Å²) in [7, 11) is 3.46. The number of phenols is 1. The molecule has 0 radical (unpaired) electrons. The first-order valence-electron chi connectivity index (χ1n) is 7.08. The number of nitrogens with one attached hydrogen (secondary N) is 2. The van der Waals surface area contributed by atoms with Crippen molar-refractivity contribution >= 4 is 6.03 Å². The van der Waals surface area contributed by atoms with Gasteiger partial charge in [0.2, 0.25) is 0 Å². The van der Waals surface area contributed by atoms with E-state index in [1.165, 1.54) is 16.0 Å². The Kier molecular flexibility index (Phi) is 4.84. The third kappa shape index (κ3) is 3.63. The summed E-state index contributed by atoms with van der Waals surface area (Å²) in [6.45, 7) is 1.35. The van der Waals surface area contributed by atoms with Crippen LogP contribution in [0.3, 0.4) is 0 Å². The molecular formula is C15H23N3O2. The van der Waals surface area contributed by atoms with Crippen LogP contribution in [0, 0.1) is 0 Å². The van der Waals surface area contributed by atoms with Gasteiger partial charge in [-0.2, -0.15) is 0 Å². The van der Waals surface area contributed by atoms with E-state index in [0.29, 0.717) is 18.3 Å². The Morgan fingerprint density at radius 1 is 1.40 bits per heavy atom. The number of phenolic OH excluding ortho intramolecular Hbond substituents is 1. The summed E-state index contributed by atoms with van der Waals surface area (Å²) in [4.78, 5) is 12.9. The van der Waals surface area contributed by atoms with Crippen LogP contribution in [-0.4, -0.2) is 43.2 Å². The van der Waals surface area contributed by atoms with Gasteiger partial charge < -0.3 is 20.6 Å². The fourth-order valence-corrected chi connectivity index (χ4v) is 2.59. The molecular weight excluding hydrogens is 254 g/mol. The summed E-state index contributed by atoms with van der Waals surface area (Å²) in [5.74, 6) is 0.336. The Bertz CT molecular complexity index is 474. The van der Waals surface area contributed by atoms with Crippen LogP contribution in [0.25, 0.3) is 0 Å². The van der Waals surface area contributed by atoms with Gasteiger partial charge in [-0.05, 0) is 42.5 Å². The number of rotatable bonds is 4. The Morgan fingerprint density at radius 2 is 2.20 bits per heavy atom. The molecule has 2 rings (SSSR count). The molecule has 5 nitrogen and oxygen atoms in total. The van der Waals surface area contributed by atoms with E-state index >= 15 is 0 Å². The molecule has 110 valence electrons. The second-order valence-corrected chi connectivity index (χ2v) is 5.41. The van der Waals surface area contributed by atoms with Crippen LogP contribution in [0.15, 0.2) is 18.2 Å². The minimum absolute atomic E-state index is 0.0687. The molecule has 0 heterocycles. The van der Waals surface area contributed by atoms with Crippen molar-refractivity contribution in [1.29, 1.82) is 0 Å². The molecule has 2 amide bonds. The van der Waals surface area contributed by atoms with Crippen molar-refractivity contribution in [2.45, 2.75) is 25.3 Å². The lowest BCUT2D eigenvalue weighted by atomic mass is 9.87. The van der Waals surface area contributed by atoms with Crippen LogP contribution in [0.2, 0.25) is 0 Å². The number of aryl methyl sites for hydroxylation is 1. The number of nitrogens with zero attached hydrogens (tertiary/aromatic N) is 1. The van der Waals surface area contributed by atoms with Crippen molar-refractivity contribution in [3.63, 3.8) is 0 Å². The molecule has 0 saturated heterocycles. The highest BCUT2D eigenvalue weighted by atomic mass is 16.3. The average Bonchev–Trinajstić information content (AvgIpc) is 2.42. The van der Waals surface area contributed by atoms with E-state index in [1.807, 2.05) is 12.1 Å². The Hall–Kier alpha value is -1.75. The molecule has 1 aromatic rings. The van der Waals surface area contributed by atoms with Crippen LogP contribution in [-0.2, 0) is 6.42 Å². The van der Waals surface area contributed by atoms with E-state index in [9.17, 15) is 9.90 Å². The SMILES string of the molecule is CN(C)C(=O)NCCNC1CCCc2cc(O)ccc21. The summed E-state index contributed by atoms with van der Waals surface area (Å²) >= 11 is 0. The second kappa shape index (κ2) is 6.61. The molecule has 1 atom stereocenters. The zero-order chi connectivity index (χ0) is 14.5. The highest BCUT2D eigenvalue weighted by molar-refractivity contribution is 5.73. The zero-order valence-corrected chi connectivity index (χ0v) is 12.1. The van der Waals surface area contributed by atoms with E-state index in [0.717, 1.165) is 25.8 Å². The number of carbonyl (C=O) groups is 1. The van der Waals surface area contributed by atoms with Gasteiger partial charge in [-0.15, -0.1) is 0 Å². The molecule has 0 aromatic heterocycles. The van der Waals surface area contributed by atoms with Crippen molar-refractivity contribution in [1.82, 2.24) is 15.5 Å². The molecule has 1 aliphatic rings. The maximum absolute atomic E-state index is 11.4. The molecule has 0 bridgehead atoms. The van der Waals surface area contributed by atoms with E-state index in [1.54, 1.807) is 20.2 Å². The lowest BCUT2D eigenvalue weighted by Gasteiger charge is -2.26. The maximum atomic E-state index is 11.4. The molecule has 0 fully saturated rings. The van der Waals surface area contributed by atoms with Crippen molar-refractivity contribution in [3.8, 4) is 5.75 Å². The summed E-state index contributed by atoms with van der Waals surface area (Å²) in [6, 6.07) is 5.85. The minimum Gasteiger partial charge on any atom is -0.508 e. The Labute approximate surface area is 120 Å². The Balaban J connectivity index is 1.85. The average molecular weight is 277 g/mol. The van der Waals surface area contributed by atoms with Crippen molar-refractivity contribution in [2.24, 2.45) is 0 Å². The number of hydrogen-bond acceptors (Lipinski definition) is 3. The topological polar surface area (TPSA) is 64.6 Å². The molecule has 1 unspecified atom stereocenters. The monoisotopic (exact) mass is 277 g/mol. The van der Waals surface area contributed by atoms with Crippen LogP contribution in [0.1, 0.15) is 30.0 Å². The van der Waals surface area contributed by atoms with Crippen LogP contribution in [0.4, 0.5) is 4.79 Å². The van der Waals surface area contributed by atoms with Crippen molar-refractivity contribution in [3.05, 3.63) is 29.3 Å². The number of urea groups is 1. The zero-order valence-electron chi connectivity index (χ0n) is 12.1. The van der Waals surface area contributed by atoms with Gasteiger partial charge in [0.15, 0.2) is 0 Å². The third-order valence-electron chi connectivity index (χ3n) is 3.64. The Morgan fingerprint density at radius 3 is 2.95 bits per heavy atom. The van der Waals surface area contributed by atoms with Crippen LogP contribution < -0.4 is 10.6 Å². The fourth-order valence-electron chi connectivity index (χ4n) is 2.59. The molecule has 0 spiro atoms. The van der Waals surface area contributed by atoms with Crippen LogP contribution >= 0.6 is 0 Å². The largest absolute Gasteiger partial charge is 0.508 e. The van der Waals surface area contributed by atoms with E-state index in [2.05, 4.69) is 10.6 Å². The summed E-state index contributed by atoms with van der Waals surface area (Å²) in [5.41, 5.74) is 2.50. The van der Waals surface area contributed by atoms with E-state index in [-0.39, 0.29) is 6.03 Å². The summed E-state index contributed by atoms with van der Waals surface area (Å²) < 4.78 is 0. The third-order valence-corrected chi connectivity index (χ3v) is 3.64. The van der Waals surface area contributed by atoms with Gasteiger partial charge in [-0.3, -0.25) is 0 Å². The number of aromatic hydroxyl groups is 1. The molecule has 5 heteroatoms. The smallest absolute Gasteiger partial charge is 0.316 e.